The number of aliphatic hydroxyl groups is 1. The Morgan fingerprint density at radius 2 is 1.81 bits per heavy atom. The van der Waals surface area contributed by atoms with Gasteiger partial charge in [0.1, 0.15) is 5.82 Å². The molecular formula is C31H35BN6O4. The fraction of sp³-hybridized carbons (Fsp3) is 0.387. The second kappa shape index (κ2) is 10.5. The van der Waals surface area contributed by atoms with Gasteiger partial charge in [0, 0.05) is 23.4 Å². The molecule has 2 aromatic heterocycles. The van der Waals surface area contributed by atoms with Crippen molar-refractivity contribution in [2.24, 2.45) is 0 Å². The number of aromatic nitrogens is 3. The highest BCUT2D eigenvalue weighted by Gasteiger charge is 2.44. The van der Waals surface area contributed by atoms with E-state index < -0.39 is 12.7 Å². The molecule has 8 rings (SSSR count). The molecule has 4 N–H and O–H groups in total. The SMILES string of the molecule is CC1(C)OB(O)c2ccc(Nc3cc(NC(CO)c4ccccc4)c(-c4nc(C56CCN(CC5)CC6)no4)cn3)cc21. The summed E-state index contributed by atoms with van der Waals surface area (Å²) in [5, 5.41) is 32.0. The van der Waals surface area contributed by atoms with Gasteiger partial charge in [-0.25, -0.2) is 4.98 Å². The molecule has 11 heteroatoms. The predicted octanol–water partition coefficient (Wildman–Crippen LogP) is 3.71. The minimum absolute atomic E-state index is 0.0324. The molecule has 42 heavy (non-hydrogen) atoms. The van der Waals surface area contributed by atoms with Crippen LogP contribution >= 0.6 is 0 Å². The highest BCUT2D eigenvalue weighted by atomic mass is 16.5. The lowest BCUT2D eigenvalue weighted by Gasteiger charge is -2.46. The zero-order chi connectivity index (χ0) is 28.9. The van der Waals surface area contributed by atoms with Crippen LogP contribution in [-0.4, -0.2) is 63.5 Å². The van der Waals surface area contributed by atoms with Gasteiger partial charge in [0.15, 0.2) is 5.82 Å². The van der Waals surface area contributed by atoms with Crippen LogP contribution in [0.1, 0.15) is 56.1 Å². The maximum absolute atomic E-state index is 10.3. The van der Waals surface area contributed by atoms with Crippen molar-refractivity contribution in [2.75, 3.05) is 36.9 Å². The minimum Gasteiger partial charge on any atom is -0.423 e. The second-order valence-corrected chi connectivity index (χ2v) is 12.1. The third-order valence-electron chi connectivity index (χ3n) is 9.12. The Balaban J connectivity index is 1.23. The summed E-state index contributed by atoms with van der Waals surface area (Å²) >= 11 is 0. The van der Waals surface area contributed by atoms with Gasteiger partial charge in [0.25, 0.3) is 5.89 Å². The van der Waals surface area contributed by atoms with Crippen LogP contribution in [0.25, 0.3) is 11.5 Å². The Kier molecular flexibility index (Phi) is 6.77. The summed E-state index contributed by atoms with van der Waals surface area (Å²) in [5.41, 5.74) is 4.20. The molecule has 3 saturated heterocycles. The molecule has 0 spiro atoms. The molecule has 2 bridgehead atoms. The van der Waals surface area contributed by atoms with Crippen molar-refractivity contribution in [3.63, 3.8) is 0 Å². The number of anilines is 3. The van der Waals surface area contributed by atoms with E-state index in [1.807, 2.05) is 68.4 Å². The number of pyridine rings is 1. The molecule has 0 saturated carbocycles. The van der Waals surface area contributed by atoms with E-state index in [-0.39, 0.29) is 18.1 Å². The summed E-state index contributed by atoms with van der Waals surface area (Å²) in [5.74, 6) is 1.78. The molecule has 6 heterocycles. The molecule has 3 fully saturated rings. The molecule has 4 aliphatic rings. The van der Waals surface area contributed by atoms with E-state index in [1.165, 1.54) is 0 Å². The van der Waals surface area contributed by atoms with Crippen molar-refractivity contribution in [3.05, 3.63) is 77.7 Å². The Bertz CT molecular complexity index is 1570. The first kappa shape index (κ1) is 27.1. The zero-order valence-electron chi connectivity index (χ0n) is 23.9. The minimum atomic E-state index is -0.939. The van der Waals surface area contributed by atoms with E-state index >= 15 is 0 Å². The highest BCUT2D eigenvalue weighted by molar-refractivity contribution is 6.62. The van der Waals surface area contributed by atoms with Crippen molar-refractivity contribution in [2.45, 2.75) is 50.2 Å². The van der Waals surface area contributed by atoms with Gasteiger partial charge in [-0.15, -0.1) is 0 Å². The first-order valence-electron chi connectivity index (χ1n) is 14.6. The van der Waals surface area contributed by atoms with Crippen molar-refractivity contribution < 1.29 is 19.3 Å². The van der Waals surface area contributed by atoms with Crippen LogP contribution in [0.2, 0.25) is 0 Å². The fourth-order valence-corrected chi connectivity index (χ4v) is 6.56. The Morgan fingerprint density at radius 3 is 2.55 bits per heavy atom. The lowest BCUT2D eigenvalue weighted by atomic mass is 9.71. The second-order valence-electron chi connectivity index (χ2n) is 12.1. The summed E-state index contributed by atoms with van der Waals surface area (Å²) in [7, 11) is -0.939. The molecule has 216 valence electrons. The van der Waals surface area contributed by atoms with Gasteiger partial charge < -0.3 is 34.8 Å². The molecule has 0 radical (unpaired) electrons. The fourth-order valence-electron chi connectivity index (χ4n) is 6.56. The standard InChI is InChI=1S/C31H35BN6O4/c1-30(2)23-16-21(8-9-24(23)32(40)42-30)34-27-17-25(35-26(19-39)20-6-4-3-5-7-20)22(18-33-27)28-36-29(37-41-28)31-10-13-38(14-11-31)15-12-31/h3-9,16-18,26,39-40H,10-15,19H2,1-2H3,(H2,33,34,35). The maximum atomic E-state index is 10.3. The van der Waals surface area contributed by atoms with Gasteiger partial charge in [-0.05, 0) is 81.5 Å². The van der Waals surface area contributed by atoms with E-state index in [4.69, 9.17) is 19.1 Å². The summed E-state index contributed by atoms with van der Waals surface area (Å²) in [6.07, 6.45) is 4.85. The first-order chi connectivity index (χ1) is 20.3. The molecular weight excluding hydrogens is 531 g/mol. The number of nitrogens with one attached hydrogen (secondary N) is 2. The molecule has 0 amide bonds. The normalized spacial score (nSPS) is 23.0. The molecule has 1 atom stereocenters. The number of hydrogen-bond donors (Lipinski definition) is 4. The van der Waals surface area contributed by atoms with E-state index in [1.54, 1.807) is 6.20 Å². The van der Waals surface area contributed by atoms with Crippen LogP contribution in [0.4, 0.5) is 17.2 Å². The van der Waals surface area contributed by atoms with Crippen LogP contribution < -0.4 is 16.1 Å². The molecule has 4 aliphatic heterocycles. The van der Waals surface area contributed by atoms with Crippen molar-refractivity contribution >= 4 is 29.8 Å². The number of nitrogens with zero attached hydrogens (tertiary/aromatic N) is 4. The Morgan fingerprint density at radius 1 is 1.05 bits per heavy atom. The predicted molar refractivity (Wildman–Crippen MR) is 161 cm³/mol. The van der Waals surface area contributed by atoms with Crippen LogP contribution in [0.3, 0.4) is 0 Å². The first-order valence-corrected chi connectivity index (χ1v) is 14.6. The molecule has 2 aromatic carbocycles. The van der Waals surface area contributed by atoms with Gasteiger partial charge in [0.05, 0.1) is 29.5 Å². The highest BCUT2D eigenvalue weighted by Crippen LogP contribution is 2.42. The third-order valence-corrected chi connectivity index (χ3v) is 9.12. The largest absolute Gasteiger partial charge is 0.492 e. The monoisotopic (exact) mass is 566 g/mol. The smallest absolute Gasteiger partial charge is 0.423 e. The maximum Gasteiger partial charge on any atom is 0.492 e. The quantitative estimate of drug-likeness (QED) is 0.234. The number of benzene rings is 2. The zero-order valence-corrected chi connectivity index (χ0v) is 23.9. The molecule has 10 nitrogen and oxygen atoms in total. The van der Waals surface area contributed by atoms with E-state index in [0.29, 0.717) is 23.0 Å². The van der Waals surface area contributed by atoms with Gasteiger partial charge >= 0.3 is 7.12 Å². The Labute approximate surface area is 245 Å². The van der Waals surface area contributed by atoms with E-state index in [0.717, 1.165) is 67.0 Å². The third kappa shape index (κ3) is 4.86. The molecule has 4 aromatic rings. The average Bonchev–Trinajstić information content (AvgIpc) is 3.60. The van der Waals surface area contributed by atoms with Crippen LogP contribution in [0.15, 0.2) is 65.3 Å². The van der Waals surface area contributed by atoms with E-state index in [9.17, 15) is 10.1 Å². The lowest BCUT2D eigenvalue weighted by Crippen LogP contribution is -2.51. The van der Waals surface area contributed by atoms with Crippen molar-refractivity contribution in [3.8, 4) is 11.5 Å². The summed E-state index contributed by atoms with van der Waals surface area (Å²) < 4.78 is 11.6. The number of hydrogen-bond acceptors (Lipinski definition) is 10. The number of rotatable bonds is 8. The Hall–Kier alpha value is -3.77. The lowest BCUT2D eigenvalue weighted by molar-refractivity contribution is 0.0747. The number of aliphatic hydroxyl groups excluding tert-OH is 1. The van der Waals surface area contributed by atoms with Crippen LogP contribution in [0.5, 0.6) is 0 Å². The van der Waals surface area contributed by atoms with Crippen LogP contribution in [0, 0.1) is 0 Å². The summed E-state index contributed by atoms with van der Waals surface area (Å²) in [6, 6.07) is 17.1. The summed E-state index contributed by atoms with van der Waals surface area (Å²) in [4.78, 5) is 12.1. The molecule has 0 aliphatic carbocycles. The summed E-state index contributed by atoms with van der Waals surface area (Å²) in [6.45, 7) is 6.98. The average molecular weight is 566 g/mol. The van der Waals surface area contributed by atoms with Crippen molar-refractivity contribution in [1.29, 1.82) is 0 Å². The van der Waals surface area contributed by atoms with Crippen LogP contribution in [-0.2, 0) is 15.7 Å². The molecule has 1 unspecified atom stereocenters. The van der Waals surface area contributed by atoms with Gasteiger partial charge in [-0.1, -0.05) is 41.6 Å². The van der Waals surface area contributed by atoms with Crippen molar-refractivity contribution in [1.82, 2.24) is 20.0 Å². The number of piperidine rings is 3. The van der Waals surface area contributed by atoms with Gasteiger partial charge in [-0.2, -0.15) is 4.98 Å². The topological polar surface area (TPSA) is 129 Å². The number of fused-ring (bicyclic) bond motifs is 4. The van der Waals surface area contributed by atoms with Gasteiger partial charge in [-0.3, -0.25) is 0 Å². The van der Waals surface area contributed by atoms with Gasteiger partial charge in [0.2, 0.25) is 0 Å². The van der Waals surface area contributed by atoms with E-state index in [2.05, 4.69) is 20.7 Å².